The van der Waals surface area contributed by atoms with Crippen molar-refractivity contribution in [3.05, 3.63) is 71.5 Å². The highest BCUT2D eigenvalue weighted by Crippen LogP contribution is 2.21. The zero-order valence-corrected chi connectivity index (χ0v) is 17.8. The number of halogens is 1. The van der Waals surface area contributed by atoms with Crippen LogP contribution in [0, 0.1) is 11.7 Å². The molecule has 2 aliphatic heterocycles. The molecular weight excluding hydrogens is 393 g/mol. The highest BCUT2D eigenvalue weighted by molar-refractivity contribution is 5.94. The van der Waals surface area contributed by atoms with Crippen LogP contribution in [-0.4, -0.2) is 53.8 Å². The van der Waals surface area contributed by atoms with Crippen LogP contribution >= 0.6 is 0 Å². The van der Waals surface area contributed by atoms with E-state index in [4.69, 9.17) is 0 Å². The van der Waals surface area contributed by atoms with Gasteiger partial charge in [0.05, 0.1) is 0 Å². The summed E-state index contributed by atoms with van der Waals surface area (Å²) in [5, 5.41) is 3.26. The maximum absolute atomic E-state index is 13.1. The number of hydrogen-bond acceptors (Lipinski definition) is 3. The normalized spacial score (nSPS) is 20.4. The predicted molar refractivity (Wildman–Crippen MR) is 118 cm³/mol. The zero-order chi connectivity index (χ0) is 21.6. The summed E-state index contributed by atoms with van der Waals surface area (Å²) in [7, 11) is 0. The molecule has 1 atom stereocenters. The van der Waals surface area contributed by atoms with Crippen molar-refractivity contribution in [2.45, 2.75) is 38.3 Å². The molecule has 0 radical (unpaired) electrons. The number of nitrogens with zero attached hydrogens (tertiary/aromatic N) is 2. The molecule has 4 rings (SSSR count). The third kappa shape index (κ3) is 5.70. The Kier molecular flexibility index (Phi) is 6.97. The number of carbonyl (C=O) groups excluding carboxylic acids is 2. The number of nitrogens with one attached hydrogen (secondary N) is 1. The van der Waals surface area contributed by atoms with Crippen LogP contribution in [0.2, 0.25) is 0 Å². The van der Waals surface area contributed by atoms with Gasteiger partial charge in [0.15, 0.2) is 0 Å². The summed E-state index contributed by atoms with van der Waals surface area (Å²) in [6.07, 6.45) is 3.43. The number of amides is 2. The van der Waals surface area contributed by atoms with E-state index in [2.05, 4.69) is 34.5 Å². The number of carbonyl (C=O) groups is 2. The molecule has 0 saturated carbocycles. The molecular formula is C25H30FN3O2. The molecule has 2 heterocycles. The Morgan fingerprint density at radius 1 is 0.935 bits per heavy atom. The largest absolute Gasteiger partial charge is 0.352 e. The molecule has 1 unspecified atom stereocenters. The van der Waals surface area contributed by atoms with Crippen LogP contribution in [0.15, 0.2) is 54.6 Å². The quantitative estimate of drug-likeness (QED) is 0.801. The van der Waals surface area contributed by atoms with E-state index in [1.165, 1.54) is 29.8 Å². The van der Waals surface area contributed by atoms with Crippen LogP contribution in [0.4, 0.5) is 4.39 Å². The lowest BCUT2D eigenvalue weighted by atomic mass is 9.94. The highest BCUT2D eigenvalue weighted by Gasteiger charge is 2.30. The smallest absolute Gasteiger partial charge is 0.253 e. The minimum Gasteiger partial charge on any atom is -0.352 e. The molecule has 2 aromatic carbocycles. The van der Waals surface area contributed by atoms with Gasteiger partial charge >= 0.3 is 0 Å². The van der Waals surface area contributed by atoms with E-state index >= 15 is 0 Å². The van der Waals surface area contributed by atoms with Crippen molar-refractivity contribution in [2.75, 3.05) is 26.2 Å². The van der Waals surface area contributed by atoms with Crippen LogP contribution in [-0.2, 0) is 11.3 Å². The van der Waals surface area contributed by atoms with Gasteiger partial charge in [-0.25, -0.2) is 4.39 Å². The second-order valence-corrected chi connectivity index (χ2v) is 8.64. The summed E-state index contributed by atoms with van der Waals surface area (Å²) in [6.45, 7) is 3.96. The van der Waals surface area contributed by atoms with E-state index in [0.29, 0.717) is 31.5 Å². The standard InChI is InChI=1S/C25H30FN3O2/c26-22-10-8-21(9-11-22)25(31)29-15-12-20(13-16-29)24(30)27-23-7-4-14-28(18-23)17-19-5-2-1-3-6-19/h1-3,5-6,8-11,20,23H,4,7,12-18H2,(H,27,30). The number of rotatable bonds is 5. The van der Waals surface area contributed by atoms with Crippen molar-refractivity contribution >= 4 is 11.8 Å². The average Bonchev–Trinajstić information content (AvgIpc) is 2.80. The zero-order valence-electron chi connectivity index (χ0n) is 17.8. The molecule has 0 aliphatic carbocycles. The van der Waals surface area contributed by atoms with E-state index < -0.39 is 0 Å². The Hall–Kier alpha value is -2.73. The molecule has 2 amide bonds. The number of likely N-dealkylation sites (tertiary alicyclic amines) is 2. The van der Waals surface area contributed by atoms with Crippen molar-refractivity contribution in [1.82, 2.24) is 15.1 Å². The second kappa shape index (κ2) is 10.1. The monoisotopic (exact) mass is 423 g/mol. The van der Waals surface area contributed by atoms with Crippen LogP contribution in [0.3, 0.4) is 0 Å². The van der Waals surface area contributed by atoms with Crippen LogP contribution in [0.1, 0.15) is 41.6 Å². The highest BCUT2D eigenvalue weighted by atomic mass is 19.1. The minimum absolute atomic E-state index is 0.0539. The maximum Gasteiger partial charge on any atom is 0.253 e. The van der Waals surface area contributed by atoms with E-state index in [1.807, 2.05) is 6.07 Å². The maximum atomic E-state index is 13.1. The van der Waals surface area contributed by atoms with Gasteiger partial charge in [0, 0.05) is 43.7 Å². The SMILES string of the molecule is O=C(NC1CCCN(Cc2ccccc2)C1)C1CCN(C(=O)c2ccc(F)cc2)CC1. The van der Waals surface area contributed by atoms with Crippen molar-refractivity contribution in [2.24, 2.45) is 5.92 Å². The Bertz CT molecular complexity index is 879. The molecule has 2 aliphatic rings. The van der Waals surface area contributed by atoms with Gasteiger partial charge in [-0.3, -0.25) is 14.5 Å². The fourth-order valence-corrected chi connectivity index (χ4v) is 4.60. The van der Waals surface area contributed by atoms with Gasteiger partial charge in [0.2, 0.25) is 5.91 Å². The van der Waals surface area contributed by atoms with Gasteiger partial charge in [-0.1, -0.05) is 30.3 Å². The Balaban J connectivity index is 1.24. The Morgan fingerprint density at radius 3 is 2.35 bits per heavy atom. The Morgan fingerprint density at radius 2 is 1.65 bits per heavy atom. The van der Waals surface area contributed by atoms with E-state index in [9.17, 15) is 14.0 Å². The van der Waals surface area contributed by atoms with Crippen LogP contribution in [0.5, 0.6) is 0 Å². The third-order valence-electron chi connectivity index (χ3n) is 6.35. The topological polar surface area (TPSA) is 52.7 Å². The molecule has 164 valence electrons. The van der Waals surface area contributed by atoms with Crippen molar-refractivity contribution in [3.8, 4) is 0 Å². The summed E-state index contributed by atoms with van der Waals surface area (Å²) < 4.78 is 13.1. The summed E-state index contributed by atoms with van der Waals surface area (Å²) >= 11 is 0. The van der Waals surface area contributed by atoms with Crippen LogP contribution in [0.25, 0.3) is 0 Å². The second-order valence-electron chi connectivity index (χ2n) is 8.64. The lowest BCUT2D eigenvalue weighted by Crippen LogP contribution is -2.50. The van der Waals surface area contributed by atoms with Gasteiger partial charge in [-0.05, 0) is 62.1 Å². The summed E-state index contributed by atoms with van der Waals surface area (Å²) in [5.74, 6) is -0.387. The van der Waals surface area contributed by atoms with Crippen LogP contribution < -0.4 is 5.32 Å². The molecule has 2 aromatic rings. The van der Waals surface area contributed by atoms with Gasteiger partial charge in [0.25, 0.3) is 5.91 Å². The molecule has 31 heavy (non-hydrogen) atoms. The van der Waals surface area contributed by atoms with E-state index in [1.54, 1.807) is 4.90 Å². The number of piperidine rings is 2. The Labute approximate surface area is 183 Å². The molecule has 2 fully saturated rings. The number of hydrogen-bond donors (Lipinski definition) is 1. The predicted octanol–water partition coefficient (Wildman–Crippen LogP) is 3.46. The molecule has 2 saturated heterocycles. The van der Waals surface area contributed by atoms with Crippen molar-refractivity contribution in [3.63, 3.8) is 0 Å². The van der Waals surface area contributed by atoms with Gasteiger partial charge < -0.3 is 10.2 Å². The third-order valence-corrected chi connectivity index (χ3v) is 6.35. The first-order valence-corrected chi connectivity index (χ1v) is 11.2. The van der Waals surface area contributed by atoms with Gasteiger partial charge in [-0.15, -0.1) is 0 Å². The average molecular weight is 424 g/mol. The van der Waals surface area contributed by atoms with E-state index in [-0.39, 0.29) is 29.6 Å². The van der Waals surface area contributed by atoms with Crippen molar-refractivity contribution < 1.29 is 14.0 Å². The first-order chi connectivity index (χ1) is 15.1. The summed E-state index contributed by atoms with van der Waals surface area (Å²) in [5.41, 5.74) is 1.79. The first kappa shape index (κ1) is 21.5. The lowest BCUT2D eigenvalue weighted by molar-refractivity contribution is -0.127. The molecule has 6 heteroatoms. The molecule has 1 N–H and O–H groups in total. The lowest BCUT2D eigenvalue weighted by Gasteiger charge is -2.35. The van der Waals surface area contributed by atoms with Gasteiger partial charge in [0.1, 0.15) is 5.82 Å². The summed E-state index contributed by atoms with van der Waals surface area (Å²) in [6, 6.07) is 16.3. The molecule has 0 spiro atoms. The molecule has 5 nitrogen and oxygen atoms in total. The van der Waals surface area contributed by atoms with Crippen molar-refractivity contribution in [1.29, 1.82) is 0 Å². The van der Waals surface area contributed by atoms with Gasteiger partial charge in [-0.2, -0.15) is 0 Å². The van der Waals surface area contributed by atoms with E-state index in [0.717, 1.165) is 32.5 Å². The minimum atomic E-state index is -0.350. The summed E-state index contributed by atoms with van der Waals surface area (Å²) in [4.78, 5) is 29.6. The fraction of sp³-hybridized carbons (Fsp3) is 0.440. The number of benzene rings is 2. The first-order valence-electron chi connectivity index (χ1n) is 11.2. The fourth-order valence-electron chi connectivity index (χ4n) is 4.60. The molecule has 0 bridgehead atoms. The molecule has 0 aromatic heterocycles.